The monoisotopic (exact) mass is 292 g/mol. The number of aliphatic hydroxyl groups excluding tert-OH is 1. The first kappa shape index (κ1) is 15.3. The number of rotatable bonds is 5. The molecule has 1 saturated heterocycles. The second-order valence-corrected chi connectivity index (χ2v) is 5.04. The number of methoxy groups -OCH3 is 1. The van der Waals surface area contributed by atoms with E-state index < -0.39 is 0 Å². The standard InChI is InChI=1S/C15H20N2O4/c1-3-14(19)16-12-5-4-11(21-2)7-13(12)17-8-10(9-18)6-15(17)20/h4-5,7,10,18H,3,6,8-9H2,1-2H3,(H,16,19). The fraction of sp³-hybridized carbons (Fsp3) is 0.467. The van der Waals surface area contributed by atoms with Gasteiger partial charge in [0, 0.05) is 38.0 Å². The topological polar surface area (TPSA) is 78.9 Å². The van der Waals surface area contributed by atoms with Crippen molar-refractivity contribution >= 4 is 23.2 Å². The smallest absolute Gasteiger partial charge is 0.227 e. The summed E-state index contributed by atoms with van der Waals surface area (Å²) >= 11 is 0. The molecule has 6 heteroatoms. The number of benzene rings is 1. The van der Waals surface area contributed by atoms with Gasteiger partial charge in [-0.25, -0.2) is 0 Å². The van der Waals surface area contributed by atoms with E-state index in [1.165, 1.54) is 0 Å². The summed E-state index contributed by atoms with van der Waals surface area (Å²) in [7, 11) is 1.55. The zero-order valence-electron chi connectivity index (χ0n) is 12.3. The molecule has 1 heterocycles. The quantitative estimate of drug-likeness (QED) is 0.859. The summed E-state index contributed by atoms with van der Waals surface area (Å²) in [6.45, 7) is 2.18. The highest BCUT2D eigenvalue weighted by Gasteiger charge is 2.31. The molecule has 2 rings (SSSR count). The molecule has 0 saturated carbocycles. The van der Waals surface area contributed by atoms with Gasteiger partial charge in [0.1, 0.15) is 5.75 Å². The summed E-state index contributed by atoms with van der Waals surface area (Å²) in [5.74, 6) is 0.360. The number of hydrogen-bond donors (Lipinski definition) is 2. The lowest BCUT2D eigenvalue weighted by atomic mass is 10.1. The fourth-order valence-corrected chi connectivity index (χ4v) is 2.34. The first-order chi connectivity index (χ1) is 10.1. The minimum absolute atomic E-state index is 0.0249. The molecule has 1 atom stereocenters. The number of nitrogens with zero attached hydrogens (tertiary/aromatic N) is 1. The predicted molar refractivity (Wildman–Crippen MR) is 79.5 cm³/mol. The van der Waals surface area contributed by atoms with Crippen molar-refractivity contribution in [2.24, 2.45) is 5.92 Å². The van der Waals surface area contributed by atoms with E-state index in [1.54, 1.807) is 37.1 Å². The molecular weight excluding hydrogens is 272 g/mol. The van der Waals surface area contributed by atoms with Crippen LogP contribution in [0.5, 0.6) is 5.75 Å². The third kappa shape index (κ3) is 3.33. The van der Waals surface area contributed by atoms with E-state index in [-0.39, 0.29) is 24.3 Å². The van der Waals surface area contributed by atoms with Gasteiger partial charge < -0.3 is 20.1 Å². The molecule has 2 amide bonds. The van der Waals surface area contributed by atoms with Crippen LogP contribution in [0.3, 0.4) is 0 Å². The molecule has 0 radical (unpaired) electrons. The van der Waals surface area contributed by atoms with Crippen LogP contribution >= 0.6 is 0 Å². The molecule has 21 heavy (non-hydrogen) atoms. The van der Waals surface area contributed by atoms with Crippen LogP contribution in [0.2, 0.25) is 0 Å². The van der Waals surface area contributed by atoms with Crippen LogP contribution in [0.25, 0.3) is 0 Å². The Balaban J connectivity index is 2.35. The Morgan fingerprint density at radius 1 is 1.52 bits per heavy atom. The molecule has 2 N–H and O–H groups in total. The van der Waals surface area contributed by atoms with Crippen LogP contribution in [-0.2, 0) is 9.59 Å². The van der Waals surface area contributed by atoms with Crippen molar-refractivity contribution in [3.8, 4) is 5.75 Å². The minimum atomic E-state index is -0.119. The van der Waals surface area contributed by atoms with Gasteiger partial charge >= 0.3 is 0 Å². The van der Waals surface area contributed by atoms with Crippen LogP contribution in [0.4, 0.5) is 11.4 Å². The number of nitrogens with one attached hydrogen (secondary N) is 1. The first-order valence-electron chi connectivity index (χ1n) is 6.98. The van der Waals surface area contributed by atoms with E-state index in [4.69, 9.17) is 4.74 Å². The lowest BCUT2D eigenvalue weighted by Crippen LogP contribution is -2.26. The molecule has 1 aliphatic heterocycles. The zero-order valence-corrected chi connectivity index (χ0v) is 12.3. The lowest BCUT2D eigenvalue weighted by Gasteiger charge is -2.21. The van der Waals surface area contributed by atoms with Gasteiger partial charge in [-0.05, 0) is 12.1 Å². The number of amides is 2. The molecule has 1 aliphatic rings. The molecule has 114 valence electrons. The van der Waals surface area contributed by atoms with Crippen molar-refractivity contribution in [1.82, 2.24) is 0 Å². The van der Waals surface area contributed by atoms with Gasteiger partial charge in [-0.15, -0.1) is 0 Å². The zero-order chi connectivity index (χ0) is 15.4. The van der Waals surface area contributed by atoms with E-state index in [2.05, 4.69) is 5.32 Å². The van der Waals surface area contributed by atoms with E-state index in [1.807, 2.05) is 0 Å². The molecule has 1 aromatic carbocycles. The van der Waals surface area contributed by atoms with E-state index in [9.17, 15) is 14.7 Å². The number of hydrogen-bond acceptors (Lipinski definition) is 4. The summed E-state index contributed by atoms with van der Waals surface area (Å²) in [6.07, 6.45) is 0.674. The van der Waals surface area contributed by atoms with Crippen molar-refractivity contribution in [2.75, 3.05) is 30.5 Å². The van der Waals surface area contributed by atoms with Crippen molar-refractivity contribution in [1.29, 1.82) is 0 Å². The Kier molecular flexibility index (Phi) is 4.80. The molecule has 0 aliphatic carbocycles. The molecular formula is C15H20N2O4. The first-order valence-corrected chi connectivity index (χ1v) is 6.98. The second-order valence-electron chi connectivity index (χ2n) is 5.04. The molecule has 1 fully saturated rings. The maximum absolute atomic E-state index is 12.1. The van der Waals surface area contributed by atoms with Crippen LogP contribution in [0.15, 0.2) is 18.2 Å². The number of anilines is 2. The summed E-state index contributed by atoms with van der Waals surface area (Å²) in [5, 5.41) is 12.0. The molecule has 1 unspecified atom stereocenters. The highest BCUT2D eigenvalue weighted by Crippen LogP contribution is 2.34. The summed E-state index contributed by atoms with van der Waals surface area (Å²) in [5.41, 5.74) is 1.19. The van der Waals surface area contributed by atoms with E-state index >= 15 is 0 Å². The number of aliphatic hydroxyl groups is 1. The summed E-state index contributed by atoms with van der Waals surface area (Å²) < 4.78 is 5.19. The second kappa shape index (κ2) is 6.58. The predicted octanol–water partition coefficient (Wildman–Crippen LogP) is 1.39. The Morgan fingerprint density at radius 2 is 2.29 bits per heavy atom. The van der Waals surface area contributed by atoms with Crippen LogP contribution < -0.4 is 15.0 Å². The van der Waals surface area contributed by atoms with Crippen LogP contribution in [-0.4, -0.2) is 37.2 Å². The lowest BCUT2D eigenvalue weighted by molar-refractivity contribution is -0.117. The molecule has 1 aromatic rings. The Hall–Kier alpha value is -2.08. The van der Waals surface area contributed by atoms with Crippen molar-refractivity contribution in [2.45, 2.75) is 19.8 Å². The van der Waals surface area contributed by atoms with Crippen molar-refractivity contribution in [3.05, 3.63) is 18.2 Å². The average molecular weight is 292 g/mol. The van der Waals surface area contributed by atoms with Gasteiger partial charge in [-0.3, -0.25) is 9.59 Å². The third-order valence-electron chi connectivity index (χ3n) is 3.55. The number of ether oxygens (including phenoxy) is 1. The maximum atomic E-state index is 12.1. The van der Waals surface area contributed by atoms with Crippen molar-refractivity contribution < 1.29 is 19.4 Å². The molecule has 0 spiro atoms. The fourth-order valence-electron chi connectivity index (χ4n) is 2.34. The van der Waals surface area contributed by atoms with Gasteiger partial charge in [0.15, 0.2) is 0 Å². The van der Waals surface area contributed by atoms with Gasteiger partial charge in [0.2, 0.25) is 11.8 Å². The van der Waals surface area contributed by atoms with Crippen LogP contribution in [0, 0.1) is 5.92 Å². The largest absolute Gasteiger partial charge is 0.497 e. The number of carbonyl (C=O) groups is 2. The Morgan fingerprint density at radius 3 is 2.86 bits per heavy atom. The average Bonchev–Trinajstić information content (AvgIpc) is 2.88. The highest BCUT2D eigenvalue weighted by molar-refractivity contribution is 6.02. The minimum Gasteiger partial charge on any atom is -0.497 e. The molecule has 0 bridgehead atoms. The maximum Gasteiger partial charge on any atom is 0.227 e. The van der Waals surface area contributed by atoms with E-state index in [0.717, 1.165) is 0 Å². The Labute approximate surface area is 123 Å². The van der Waals surface area contributed by atoms with E-state index in [0.29, 0.717) is 36.5 Å². The number of carbonyl (C=O) groups excluding carboxylic acids is 2. The summed E-state index contributed by atoms with van der Waals surface area (Å²) in [6, 6.07) is 5.18. The third-order valence-corrected chi connectivity index (χ3v) is 3.55. The summed E-state index contributed by atoms with van der Waals surface area (Å²) in [4.78, 5) is 25.3. The SMILES string of the molecule is CCC(=O)Nc1ccc(OC)cc1N1CC(CO)CC1=O. The van der Waals surface area contributed by atoms with Crippen molar-refractivity contribution in [3.63, 3.8) is 0 Å². The van der Waals surface area contributed by atoms with Gasteiger partial charge in [0.25, 0.3) is 0 Å². The van der Waals surface area contributed by atoms with Gasteiger partial charge in [-0.2, -0.15) is 0 Å². The molecule has 0 aromatic heterocycles. The van der Waals surface area contributed by atoms with Gasteiger partial charge in [0.05, 0.1) is 18.5 Å². The molecule has 6 nitrogen and oxygen atoms in total. The van der Waals surface area contributed by atoms with Crippen LogP contribution in [0.1, 0.15) is 19.8 Å². The normalized spacial score (nSPS) is 18.0. The highest BCUT2D eigenvalue weighted by atomic mass is 16.5. The van der Waals surface area contributed by atoms with Gasteiger partial charge in [-0.1, -0.05) is 6.92 Å². The Bertz CT molecular complexity index is 544.